The number of hydrogen-bond donors (Lipinski definition) is 0. The Morgan fingerprint density at radius 3 is 3.00 bits per heavy atom. The zero-order valence-electron chi connectivity index (χ0n) is 4.48. The highest BCUT2D eigenvalue weighted by molar-refractivity contribution is 6.28. The van der Waals surface area contributed by atoms with Crippen LogP contribution >= 0.6 is 11.6 Å². The maximum atomic E-state index is 9.42. The Morgan fingerprint density at radius 1 is 2.00 bits per heavy atom. The lowest BCUT2D eigenvalue weighted by Gasteiger charge is -1.87. The third-order valence-corrected chi connectivity index (χ3v) is 0.735. The van der Waals surface area contributed by atoms with E-state index in [2.05, 4.69) is 4.74 Å². The molecule has 0 N–H and O–H groups in total. The van der Waals surface area contributed by atoms with Crippen molar-refractivity contribution >= 4 is 18.1 Å². The summed E-state index contributed by atoms with van der Waals surface area (Å²) in [6.45, 7) is 3.09. The maximum absolute atomic E-state index is 9.42. The third kappa shape index (κ3) is 3.68. The molecular weight excluding hydrogens is 128 g/mol. The second-order valence-corrected chi connectivity index (χ2v) is 1.47. The fourth-order valence-electron chi connectivity index (χ4n) is 0.242. The van der Waals surface area contributed by atoms with Gasteiger partial charge in [0.2, 0.25) is 0 Å². The Morgan fingerprint density at radius 2 is 2.62 bits per heavy atom. The van der Waals surface area contributed by atoms with Gasteiger partial charge in [-0.1, -0.05) is 6.92 Å². The Kier molecular flexibility index (Phi) is 4.36. The van der Waals surface area contributed by atoms with Gasteiger partial charge in [-0.25, -0.2) is 4.79 Å². The quantitative estimate of drug-likeness (QED) is 0.546. The van der Waals surface area contributed by atoms with Crippen LogP contribution in [0.15, 0.2) is 11.3 Å². The zero-order valence-corrected chi connectivity index (χ0v) is 5.23. The van der Waals surface area contributed by atoms with E-state index < -0.39 is 0 Å². The monoisotopic (exact) mass is 133 g/mol. The van der Waals surface area contributed by atoms with Gasteiger partial charge in [0.15, 0.2) is 5.22 Å². The fraction of sp³-hybridized carbons (Fsp3) is 0.400. The lowest BCUT2D eigenvalue weighted by atomic mass is 10.5. The molecule has 0 saturated heterocycles. The van der Waals surface area contributed by atoms with Crippen molar-refractivity contribution in [1.82, 2.24) is 0 Å². The minimum atomic E-state index is 0.0856. The van der Waals surface area contributed by atoms with Gasteiger partial charge in [0.05, 0.1) is 0 Å². The van der Waals surface area contributed by atoms with E-state index >= 15 is 0 Å². The normalized spacial score (nSPS) is 11.0. The van der Waals surface area contributed by atoms with E-state index in [4.69, 9.17) is 11.6 Å². The molecular formula is C5H6ClO2. The summed E-state index contributed by atoms with van der Waals surface area (Å²) >= 11 is 5.26. The minimum absolute atomic E-state index is 0.0856. The van der Waals surface area contributed by atoms with E-state index in [9.17, 15) is 4.79 Å². The Balaban J connectivity index is 3.44. The molecule has 0 fully saturated rings. The molecule has 45 valence electrons. The van der Waals surface area contributed by atoms with E-state index in [-0.39, 0.29) is 5.22 Å². The molecule has 0 aliphatic rings. The Labute approximate surface area is 53.1 Å². The molecule has 3 heteroatoms. The summed E-state index contributed by atoms with van der Waals surface area (Å²) in [5.41, 5.74) is 0. The number of allylic oxidation sites excluding steroid dienone is 1. The second kappa shape index (κ2) is 4.65. The molecule has 0 atom stereocenters. The molecule has 2 nitrogen and oxygen atoms in total. The van der Waals surface area contributed by atoms with Crippen LogP contribution in [0.3, 0.4) is 0 Å². The highest BCUT2D eigenvalue weighted by atomic mass is 35.5. The number of halogens is 1. The first-order valence-electron chi connectivity index (χ1n) is 2.21. The molecule has 0 aliphatic carbocycles. The first-order valence-corrected chi connectivity index (χ1v) is 2.58. The molecule has 8 heavy (non-hydrogen) atoms. The van der Waals surface area contributed by atoms with Crippen molar-refractivity contribution in [3.05, 3.63) is 11.3 Å². The summed E-state index contributed by atoms with van der Waals surface area (Å²) in [6, 6.07) is 0. The molecule has 0 aromatic rings. The van der Waals surface area contributed by atoms with Crippen molar-refractivity contribution < 1.29 is 9.53 Å². The van der Waals surface area contributed by atoms with Gasteiger partial charge in [-0.05, 0) is 24.1 Å². The van der Waals surface area contributed by atoms with Gasteiger partial charge < -0.3 is 4.74 Å². The molecule has 1 radical (unpaired) electrons. The highest BCUT2D eigenvalue weighted by Gasteiger charge is 1.86. The van der Waals surface area contributed by atoms with Crippen LogP contribution in [-0.4, -0.2) is 6.47 Å². The molecule has 0 bridgehead atoms. The van der Waals surface area contributed by atoms with Crippen LogP contribution in [0, 0.1) is 0 Å². The SMILES string of the molecule is CCC=C(Cl)O[C]=O. The van der Waals surface area contributed by atoms with Gasteiger partial charge >= 0.3 is 6.47 Å². The standard InChI is InChI=1S/C5H6ClO2/c1-2-3-5(6)8-4-7/h3H,2H2,1H3. The lowest BCUT2D eigenvalue weighted by Crippen LogP contribution is -1.78. The van der Waals surface area contributed by atoms with Crippen molar-refractivity contribution in [2.75, 3.05) is 0 Å². The largest absolute Gasteiger partial charge is 0.424 e. The molecule has 0 saturated carbocycles. The number of rotatable bonds is 3. The summed E-state index contributed by atoms with van der Waals surface area (Å²) in [5, 5.41) is 0.0856. The Hall–Kier alpha value is -0.500. The Bertz CT molecular complexity index is 98.6. The van der Waals surface area contributed by atoms with Crippen LogP contribution in [-0.2, 0) is 9.53 Å². The summed E-state index contributed by atoms with van der Waals surface area (Å²) in [5.74, 6) is 0. The van der Waals surface area contributed by atoms with Crippen molar-refractivity contribution in [2.24, 2.45) is 0 Å². The molecule has 0 spiro atoms. The van der Waals surface area contributed by atoms with Gasteiger partial charge in [-0.15, -0.1) is 0 Å². The van der Waals surface area contributed by atoms with Crippen LogP contribution in [0.1, 0.15) is 13.3 Å². The molecule has 0 aromatic heterocycles. The predicted octanol–water partition coefficient (Wildman–Crippen LogP) is 1.56. The highest BCUT2D eigenvalue weighted by Crippen LogP contribution is 2.01. The average molecular weight is 134 g/mol. The van der Waals surface area contributed by atoms with Crippen LogP contribution in [0.5, 0.6) is 0 Å². The molecule has 0 rings (SSSR count). The van der Waals surface area contributed by atoms with Gasteiger partial charge in [-0.2, -0.15) is 0 Å². The van der Waals surface area contributed by atoms with Crippen LogP contribution in [0.4, 0.5) is 0 Å². The topological polar surface area (TPSA) is 26.3 Å². The van der Waals surface area contributed by atoms with Gasteiger partial charge in [0.25, 0.3) is 0 Å². The van der Waals surface area contributed by atoms with Crippen molar-refractivity contribution in [3.63, 3.8) is 0 Å². The van der Waals surface area contributed by atoms with Crippen LogP contribution in [0.25, 0.3) is 0 Å². The smallest absolute Gasteiger partial charge is 0.406 e. The predicted molar refractivity (Wildman–Crippen MR) is 31.0 cm³/mol. The number of hydrogen-bond acceptors (Lipinski definition) is 2. The fourth-order valence-corrected chi connectivity index (χ4v) is 0.428. The number of carbonyl (C=O) groups excluding carboxylic acids is 1. The molecule has 0 heterocycles. The maximum Gasteiger partial charge on any atom is 0.424 e. The second-order valence-electron chi connectivity index (χ2n) is 1.10. The summed E-state index contributed by atoms with van der Waals surface area (Å²) in [6.07, 6.45) is 2.33. The van der Waals surface area contributed by atoms with Crippen LogP contribution < -0.4 is 0 Å². The first kappa shape index (κ1) is 7.50. The molecule has 0 aromatic carbocycles. The molecule has 0 unspecified atom stereocenters. The zero-order chi connectivity index (χ0) is 6.41. The summed E-state index contributed by atoms with van der Waals surface area (Å²) in [4.78, 5) is 9.42. The van der Waals surface area contributed by atoms with E-state index in [1.807, 2.05) is 6.92 Å². The van der Waals surface area contributed by atoms with Gasteiger partial charge in [0.1, 0.15) is 0 Å². The lowest BCUT2D eigenvalue weighted by molar-refractivity contribution is 0.385. The van der Waals surface area contributed by atoms with Crippen LogP contribution in [0.2, 0.25) is 0 Å². The van der Waals surface area contributed by atoms with Crippen molar-refractivity contribution in [3.8, 4) is 0 Å². The van der Waals surface area contributed by atoms with E-state index in [0.29, 0.717) is 0 Å². The van der Waals surface area contributed by atoms with E-state index in [0.717, 1.165) is 6.42 Å². The van der Waals surface area contributed by atoms with Gasteiger partial charge in [-0.3, -0.25) is 0 Å². The third-order valence-electron chi connectivity index (χ3n) is 0.504. The first-order chi connectivity index (χ1) is 3.81. The minimum Gasteiger partial charge on any atom is -0.406 e. The van der Waals surface area contributed by atoms with E-state index in [1.165, 1.54) is 6.47 Å². The van der Waals surface area contributed by atoms with E-state index in [1.54, 1.807) is 6.08 Å². The average Bonchev–Trinajstić information content (AvgIpc) is 1.68. The van der Waals surface area contributed by atoms with Gasteiger partial charge in [0, 0.05) is 0 Å². The summed E-state index contributed by atoms with van der Waals surface area (Å²) < 4.78 is 4.10. The molecule has 0 aliphatic heterocycles. The number of ether oxygens (including phenoxy) is 1. The van der Waals surface area contributed by atoms with Crippen molar-refractivity contribution in [2.45, 2.75) is 13.3 Å². The van der Waals surface area contributed by atoms with Crippen molar-refractivity contribution in [1.29, 1.82) is 0 Å². The summed E-state index contributed by atoms with van der Waals surface area (Å²) in [7, 11) is 0. The molecule has 0 amide bonds.